The van der Waals surface area contributed by atoms with Crippen molar-refractivity contribution in [3.8, 4) is 0 Å². The van der Waals surface area contributed by atoms with Gasteiger partial charge in [0.2, 0.25) is 0 Å². The van der Waals surface area contributed by atoms with Crippen molar-refractivity contribution in [2.75, 3.05) is 39.1 Å². The molecular formula is C24H30N4O3S2. The third kappa shape index (κ3) is 5.47. The van der Waals surface area contributed by atoms with Gasteiger partial charge in [0.05, 0.1) is 23.2 Å². The molecular weight excluding hydrogens is 456 g/mol. The van der Waals surface area contributed by atoms with Gasteiger partial charge in [-0.2, -0.15) is 0 Å². The zero-order chi connectivity index (χ0) is 23.2. The quantitative estimate of drug-likeness (QED) is 0.413. The maximum absolute atomic E-state index is 13.1. The fourth-order valence-electron chi connectivity index (χ4n) is 4.50. The summed E-state index contributed by atoms with van der Waals surface area (Å²) >= 11 is 3.09. The van der Waals surface area contributed by atoms with Crippen molar-refractivity contribution in [2.24, 2.45) is 0 Å². The zero-order valence-electron chi connectivity index (χ0n) is 18.9. The van der Waals surface area contributed by atoms with Crippen molar-refractivity contribution in [1.29, 1.82) is 0 Å². The summed E-state index contributed by atoms with van der Waals surface area (Å²) in [7, 11) is 1.67. The van der Waals surface area contributed by atoms with Gasteiger partial charge in [0, 0.05) is 50.0 Å². The molecule has 2 saturated heterocycles. The highest BCUT2D eigenvalue weighted by Crippen LogP contribution is 2.32. The number of nitrogens with zero attached hydrogens (tertiary/aromatic N) is 4. The number of pyridine rings is 1. The Morgan fingerprint density at radius 2 is 2.09 bits per heavy atom. The van der Waals surface area contributed by atoms with E-state index in [0.29, 0.717) is 36.7 Å². The number of rotatable bonds is 8. The molecule has 2 amide bonds. The van der Waals surface area contributed by atoms with Crippen LogP contribution in [0.5, 0.6) is 0 Å². The van der Waals surface area contributed by atoms with Gasteiger partial charge in [-0.1, -0.05) is 6.08 Å². The molecule has 7 nitrogen and oxygen atoms in total. The third-order valence-electron chi connectivity index (χ3n) is 6.21. The minimum absolute atomic E-state index is 0.00537. The second-order valence-corrected chi connectivity index (χ2v) is 10.2. The molecule has 176 valence electrons. The zero-order valence-corrected chi connectivity index (χ0v) is 20.6. The monoisotopic (exact) mass is 486 g/mol. The summed E-state index contributed by atoms with van der Waals surface area (Å²) < 4.78 is 5.28. The largest absolute Gasteiger partial charge is 0.383 e. The van der Waals surface area contributed by atoms with Crippen LogP contribution in [0.1, 0.15) is 57.5 Å². The van der Waals surface area contributed by atoms with Crippen molar-refractivity contribution in [3.05, 3.63) is 52.6 Å². The maximum atomic E-state index is 13.1. The predicted octanol–water partition coefficient (Wildman–Crippen LogP) is 4.09. The molecule has 0 saturated carbocycles. The Hall–Kier alpha value is -2.23. The van der Waals surface area contributed by atoms with Crippen molar-refractivity contribution >= 4 is 34.9 Å². The maximum Gasteiger partial charge on any atom is 0.273 e. The third-order valence-corrected chi connectivity index (χ3v) is 8.22. The Morgan fingerprint density at radius 3 is 2.85 bits per heavy atom. The number of piperidine rings is 1. The van der Waals surface area contributed by atoms with Crippen molar-refractivity contribution in [1.82, 2.24) is 19.8 Å². The first-order valence-electron chi connectivity index (χ1n) is 11.4. The Bertz CT molecular complexity index is 988. The number of thiazole rings is 1. The van der Waals surface area contributed by atoms with Gasteiger partial charge >= 0.3 is 0 Å². The van der Waals surface area contributed by atoms with Crippen LogP contribution < -0.4 is 0 Å². The van der Waals surface area contributed by atoms with E-state index < -0.39 is 0 Å². The molecule has 0 radical (unpaired) electrons. The lowest BCUT2D eigenvalue weighted by molar-refractivity contribution is 0.0625. The molecule has 0 bridgehead atoms. The number of methoxy groups -OCH3 is 1. The van der Waals surface area contributed by atoms with E-state index in [1.54, 1.807) is 24.6 Å². The first kappa shape index (κ1) is 23.9. The van der Waals surface area contributed by atoms with Crippen LogP contribution in [0, 0.1) is 0 Å². The van der Waals surface area contributed by atoms with E-state index in [9.17, 15) is 9.59 Å². The first-order valence-corrected chi connectivity index (χ1v) is 13.2. The average molecular weight is 487 g/mol. The lowest BCUT2D eigenvalue weighted by Crippen LogP contribution is -2.38. The number of carbonyl (C=O) groups is 2. The summed E-state index contributed by atoms with van der Waals surface area (Å²) in [5, 5.41) is 3.63. The van der Waals surface area contributed by atoms with Crippen LogP contribution in [0.4, 0.5) is 0 Å². The summed E-state index contributed by atoms with van der Waals surface area (Å²) in [4.78, 5) is 39.0. The van der Waals surface area contributed by atoms with Gasteiger partial charge < -0.3 is 14.5 Å². The summed E-state index contributed by atoms with van der Waals surface area (Å²) in [5.74, 6) is 1.03. The molecule has 2 aliphatic rings. The molecule has 2 aliphatic heterocycles. The molecule has 0 N–H and O–H groups in total. The van der Waals surface area contributed by atoms with E-state index in [2.05, 4.69) is 11.6 Å². The highest BCUT2D eigenvalue weighted by molar-refractivity contribution is 7.99. The molecule has 4 heterocycles. The molecule has 0 aliphatic carbocycles. The molecule has 1 unspecified atom stereocenters. The standard InChI is InChI=1S/C24H30N4O3S2/c1-3-14-32-22-19(7-4-10-25-22)23(29)27-12-8-17(9-13-27)21-26-20(16-33-21)24(30)28-11-5-6-18(28)15-31-2/h3-4,7,10,16-18H,1,5-6,8-9,11-15H2,2H3. The lowest BCUT2D eigenvalue weighted by Gasteiger charge is -2.31. The minimum Gasteiger partial charge on any atom is -0.383 e. The lowest BCUT2D eigenvalue weighted by atomic mass is 9.97. The fourth-order valence-corrected chi connectivity index (χ4v) is 6.18. The number of likely N-dealkylation sites (tertiary alicyclic amines) is 2. The number of amides is 2. The van der Waals surface area contributed by atoms with Crippen molar-refractivity contribution in [3.63, 3.8) is 0 Å². The van der Waals surface area contributed by atoms with E-state index in [-0.39, 0.29) is 23.8 Å². The van der Waals surface area contributed by atoms with E-state index in [4.69, 9.17) is 9.72 Å². The molecule has 1 atom stereocenters. The molecule has 4 rings (SSSR count). The van der Waals surface area contributed by atoms with E-state index >= 15 is 0 Å². The molecule has 0 aromatic carbocycles. The summed E-state index contributed by atoms with van der Waals surface area (Å²) in [5.41, 5.74) is 1.19. The van der Waals surface area contributed by atoms with Crippen LogP contribution in [0.25, 0.3) is 0 Å². The Kier molecular flexibility index (Phi) is 8.16. The van der Waals surface area contributed by atoms with Gasteiger partial charge in [0.1, 0.15) is 10.7 Å². The Morgan fingerprint density at radius 1 is 1.27 bits per heavy atom. The minimum atomic E-state index is 0.00537. The average Bonchev–Trinajstić information content (AvgIpc) is 3.53. The molecule has 2 aromatic heterocycles. The van der Waals surface area contributed by atoms with Crippen molar-refractivity contribution < 1.29 is 14.3 Å². The predicted molar refractivity (Wildman–Crippen MR) is 131 cm³/mol. The van der Waals surface area contributed by atoms with Gasteiger partial charge in [-0.15, -0.1) is 29.7 Å². The first-order chi connectivity index (χ1) is 16.1. The normalized spacial score (nSPS) is 19.1. The van der Waals surface area contributed by atoms with Crippen molar-refractivity contribution in [2.45, 2.75) is 42.7 Å². The number of ether oxygens (including phenoxy) is 1. The molecule has 2 aromatic rings. The number of hydrogen-bond acceptors (Lipinski definition) is 7. The second-order valence-electron chi connectivity index (χ2n) is 8.34. The smallest absolute Gasteiger partial charge is 0.273 e. The topological polar surface area (TPSA) is 75.6 Å². The van der Waals surface area contributed by atoms with Crippen LogP contribution in [0.15, 0.2) is 41.4 Å². The molecule has 9 heteroatoms. The van der Waals surface area contributed by atoms with Crippen LogP contribution >= 0.6 is 23.1 Å². The number of hydrogen-bond donors (Lipinski definition) is 0. The van der Waals surface area contributed by atoms with Crippen LogP contribution in [0.2, 0.25) is 0 Å². The molecule has 2 fully saturated rings. The SMILES string of the molecule is C=CCSc1ncccc1C(=O)N1CCC(c2nc(C(=O)N3CCCC3COC)cs2)CC1. The van der Waals surface area contributed by atoms with Gasteiger partial charge in [-0.3, -0.25) is 9.59 Å². The van der Waals surface area contributed by atoms with E-state index in [1.165, 1.54) is 11.8 Å². The second kappa shape index (κ2) is 11.3. The molecule has 0 spiro atoms. The van der Waals surface area contributed by atoms with Crippen LogP contribution in [0.3, 0.4) is 0 Å². The van der Waals surface area contributed by atoms with Gasteiger partial charge in [0.25, 0.3) is 11.8 Å². The molecule has 33 heavy (non-hydrogen) atoms. The summed E-state index contributed by atoms with van der Waals surface area (Å²) in [6.45, 7) is 6.43. The van der Waals surface area contributed by atoms with Crippen LogP contribution in [-0.2, 0) is 4.74 Å². The fraction of sp³-hybridized carbons (Fsp3) is 0.500. The number of thioether (sulfide) groups is 1. The Labute approximate surface area is 203 Å². The van der Waals surface area contributed by atoms with E-state index in [1.807, 2.05) is 33.4 Å². The number of aromatic nitrogens is 2. The summed E-state index contributed by atoms with van der Waals surface area (Å²) in [6.07, 6.45) is 7.21. The highest BCUT2D eigenvalue weighted by atomic mass is 32.2. The van der Waals surface area contributed by atoms with Gasteiger partial charge in [0.15, 0.2) is 0 Å². The van der Waals surface area contributed by atoms with E-state index in [0.717, 1.165) is 42.3 Å². The number of carbonyl (C=O) groups excluding carboxylic acids is 2. The van der Waals surface area contributed by atoms with Gasteiger partial charge in [-0.05, 0) is 37.8 Å². The highest BCUT2D eigenvalue weighted by Gasteiger charge is 2.32. The van der Waals surface area contributed by atoms with Gasteiger partial charge in [-0.25, -0.2) is 9.97 Å². The van der Waals surface area contributed by atoms with Crippen LogP contribution in [-0.4, -0.2) is 76.7 Å². The Balaban J connectivity index is 1.36. The summed E-state index contributed by atoms with van der Waals surface area (Å²) in [6, 6.07) is 3.80.